The van der Waals surface area contributed by atoms with Crippen molar-refractivity contribution >= 4 is 8.07 Å². The Balaban J connectivity index is 2.36. The summed E-state index contributed by atoms with van der Waals surface area (Å²) >= 11 is 0. The van der Waals surface area contributed by atoms with Crippen molar-refractivity contribution in [3.63, 3.8) is 0 Å². The molecule has 0 saturated heterocycles. The summed E-state index contributed by atoms with van der Waals surface area (Å²) in [5.41, 5.74) is 3.04. The van der Waals surface area contributed by atoms with E-state index < -0.39 is 8.07 Å². The number of hydrogen-bond acceptors (Lipinski definition) is 0. The smallest absolute Gasteiger partial charge is 0.0771 e. The summed E-state index contributed by atoms with van der Waals surface area (Å²) < 4.78 is 0. The largest absolute Gasteiger partial charge is 0.0775 e. The first-order valence-corrected chi connectivity index (χ1v) is 10.7. The number of aryl methyl sites for hydroxylation is 1. The predicted molar refractivity (Wildman–Crippen MR) is 88.3 cm³/mol. The fourth-order valence-corrected chi connectivity index (χ4v) is 4.21. The Kier molecular flexibility index (Phi) is 3.61. The molecule has 0 aliphatic heterocycles. The molecular weight excluding hydrogens is 244 g/mol. The Bertz CT molecular complexity index is 527. The minimum absolute atomic E-state index is 0.170. The van der Waals surface area contributed by atoms with Gasteiger partial charge in [-0.2, -0.15) is 0 Å². The fraction of sp³-hybridized carbons (Fsp3) is 0.444. The Morgan fingerprint density at radius 3 is 2.21 bits per heavy atom. The Hall–Kier alpha value is -1.08. The lowest BCUT2D eigenvalue weighted by Crippen LogP contribution is -2.27. The van der Waals surface area contributed by atoms with Crippen molar-refractivity contribution < 1.29 is 0 Å². The van der Waals surface area contributed by atoms with E-state index in [0.717, 1.165) is 0 Å². The van der Waals surface area contributed by atoms with Gasteiger partial charge in [0.1, 0.15) is 0 Å². The molecule has 0 heterocycles. The van der Waals surface area contributed by atoms with Crippen LogP contribution in [0.25, 0.3) is 0 Å². The van der Waals surface area contributed by atoms with Crippen LogP contribution in [-0.2, 0) is 5.41 Å². The van der Waals surface area contributed by atoms with Gasteiger partial charge in [-0.15, -0.1) is 0 Å². The van der Waals surface area contributed by atoms with Gasteiger partial charge in [0.2, 0.25) is 0 Å². The molecule has 0 fully saturated rings. The van der Waals surface area contributed by atoms with Gasteiger partial charge in [0.15, 0.2) is 0 Å². The highest BCUT2D eigenvalue weighted by atomic mass is 28.3. The first kappa shape index (κ1) is 14.3. The third kappa shape index (κ3) is 2.76. The average Bonchev–Trinajstić information content (AvgIpc) is 2.78. The third-order valence-electron chi connectivity index (χ3n) is 4.38. The summed E-state index contributed by atoms with van der Waals surface area (Å²) in [5.74, 6) is 0.523. The van der Waals surface area contributed by atoms with Gasteiger partial charge in [-0.1, -0.05) is 81.2 Å². The maximum absolute atomic E-state index is 2.51. The van der Waals surface area contributed by atoms with E-state index >= 15 is 0 Å². The van der Waals surface area contributed by atoms with E-state index in [4.69, 9.17) is 0 Å². The van der Waals surface area contributed by atoms with Gasteiger partial charge in [0.25, 0.3) is 0 Å². The molecule has 1 aromatic carbocycles. The first-order valence-electron chi connectivity index (χ1n) is 7.19. The van der Waals surface area contributed by atoms with Gasteiger partial charge in [0, 0.05) is 5.92 Å². The van der Waals surface area contributed by atoms with E-state index in [1.54, 1.807) is 5.20 Å². The summed E-state index contributed by atoms with van der Waals surface area (Å²) in [7, 11) is -1.18. The van der Waals surface area contributed by atoms with Gasteiger partial charge in [0.05, 0.1) is 8.07 Å². The molecule has 1 aliphatic carbocycles. The molecule has 0 N–H and O–H groups in total. The van der Waals surface area contributed by atoms with Crippen LogP contribution in [0, 0.1) is 12.8 Å². The molecule has 0 nitrogen and oxygen atoms in total. The minimum atomic E-state index is -1.18. The van der Waals surface area contributed by atoms with Crippen molar-refractivity contribution in [3.05, 3.63) is 58.8 Å². The van der Waals surface area contributed by atoms with Crippen LogP contribution in [-0.4, -0.2) is 8.07 Å². The molecule has 1 unspecified atom stereocenters. The Morgan fingerprint density at radius 2 is 1.68 bits per heavy atom. The number of allylic oxidation sites excluding steroid dienone is 4. The number of rotatable bonds is 3. The average molecular weight is 270 g/mol. The van der Waals surface area contributed by atoms with Crippen molar-refractivity contribution in [1.82, 2.24) is 0 Å². The van der Waals surface area contributed by atoms with E-state index in [1.807, 2.05) is 0 Å². The molecule has 1 aliphatic rings. The van der Waals surface area contributed by atoms with Gasteiger partial charge >= 0.3 is 0 Å². The molecule has 1 heteroatoms. The van der Waals surface area contributed by atoms with Crippen LogP contribution < -0.4 is 0 Å². The molecule has 0 radical (unpaired) electrons. The van der Waals surface area contributed by atoms with E-state index in [9.17, 15) is 0 Å². The topological polar surface area (TPSA) is 0 Å². The summed E-state index contributed by atoms with van der Waals surface area (Å²) in [4.78, 5) is 0. The summed E-state index contributed by atoms with van der Waals surface area (Å²) in [6.45, 7) is 14.2. The highest BCUT2D eigenvalue weighted by Gasteiger charge is 2.33. The van der Waals surface area contributed by atoms with Gasteiger partial charge in [-0.3, -0.25) is 0 Å². The van der Waals surface area contributed by atoms with Crippen LogP contribution in [0.3, 0.4) is 0 Å². The van der Waals surface area contributed by atoms with Crippen molar-refractivity contribution in [2.75, 3.05) is 0 Å². The Labute approximate surface area is 119 Å². The molecule has 0 aromatic heterocycles. The highest BCUT2D eigenvalue weighted by molar-refractivity contribution is 6.83. The number of benzene rings is 1. The normalized spacial score (nSPS) is 19.7. The molecule has 1 aromatic rings. The van der Waals surface area contributed by atoms with Crippen LogP contribution >= 0.6 is 0 Å². The van der Waals surface area contributed by atoms with Crippen molar-refractivity contribution in [2.45, 2.75) is 45.8 Å². The molecule has 0 saturated carbocycles. The first-order chi connectivity index (χ1) is 8.73. The fourth-order valence-electron chi connectivity index (χ4n) is 2.94. The summed E-state index contributed by atoms with van der Waals surface area (Å²) in [6, 6.07) is 8.79. The second-order valence-corrected chi connectivity index (χ2v) is 12.4. The van der Waals surface area contributed by atoms with Crippen LogP contribution in [0.2, 0.25) is 19.6 Å². The maximum Gasteiger partial charge on any atom is 0.0771 e. The second kappa shape index (κ2) is 4.79. The molecule has 2 rings (SSSR count). The lowest BCUT2D eigenvalue weighted by atomic mass is 9.72. The van der Waals surface area contributed by atoms with Crippen molar-refractivity contribution in [2.24, 2.45) is 5.92 Å². The van der Waals surface area contributed by atoms with E-state index in [1.165, 1.54) is 11.1 Å². The highest BCUT2D eigenvalue weighted by Crippen LogP contribution is 2.39. The van der Waals surface area contributed by atoms with Crippen molar-refractivity contribution in [1.29, 1.82) is 0 Å². The van der Waals surface area contributed by atoms with Gasteiger partial charge < -0.3 is 0 Å². The molecule has 0 bridgehead atoms. The summed E-state index contributed by atoms with van der Waals surface area (Å²) in [5, 5.41) is 1.60. The minimum Gasteiger partial charge on any atom is -0.0775 e. The zero-order chi connectivity index (χ0) is 14.3. The zero-order valence-electron chi connectivity index (χ0n) is 13.1. The van der Waals surface area contributed by atoms with Crippen LogP contribution in [0.15, 0.2) is 47.7 Å². The molecule has 102 valence electrons. The quantitative estimate of drug-likeness (QED) is 0.657. The summed E-state index contributed by atoms with van der Waals surface area (Å²) in [6.07, 6.45) is 7.29. The molecule has 19 heavy (non-hydrogen) atoms. The molecule has 0 spiro atoms. The van der Waals surface area contributed by atoms with Crippen molar-refractivity contribution in [3.8, 4) is 0 Å². The maximum atomic E-state index is 2.51. The van der Waals surface area contributed by atoms with Gasteiger partial charge in [-0.05, 0) is 23.5 Å². The van der Waals surface area contributed by atoms with Gasteiger partial charge in [-0.25, -0.2) is 0 Å². The molecular formula is C18H26Si. The van der Waals surface area contributed by atoms with E-state index in [0.29, 0.717) is 5.92 Å². The standard InChI is InChI=1S/C18H26Si/c1-14-9-7-8-10-17(14)18(2,3)15-11-12-16(13-15)19(4,5)6/h7-13,15H,1-6H3. The number of hydrogen-bond donors (Lipinski definition) is 0. The lowest BCUT2D eigenvalue weighted by Gasteiger charge is -2.32. The monoisotopic (exact) mass is 270 g/mol. The van der Waals surface area contributed by atoms with E-state index in [2.05, 4.69) is 82.9 Å². The van der Waals surface area contributed by atoms with Crippen LogP contribution in [0.5, 0.6) is 0 Å². The molecule has 1 atom stereocenters. The lowest BCUT2D eigenvalue weighted by molar-refractivity contribution is 0.445. The molecule has 0 amide bonds. The van der Waals surface area contributed by atoms with Crippen LogP contribution in [0.1, 0.15) is 25.0 Å². The second-order valence-electron chi connectivity index (χ2n) is 7.29. The third-order valence-corrected chi connectivity index (χ3v) is 6.45. The predicted octanol–water partition coefficient (Wildman–Crippen LogP) is 5.26. The van der Waals surface area contributed by atoms with Crippen LogP contribution in [0.4, 0.5) is 0 Å². The SMILES string of the molecule is Cc1ccccc1C(C)(C)C1C=CC([Si](C)(C)C)=C1. The Morgan fingerprint density at radius 1 is 1.05 bits per heavy atom. The van der Waals surface area contributed by atoms with E-state index in [-0.39, 0.29) is 5.41 Å². The zero-order valence-corrected chi connectivity index (χ0v) is 14.1.